The van der Waals surface area contributed by atoms with Gasteiger partial charge in [-0.1, -0.05) is 216 Å². The molecule has 0 aliphatic heterocycles. The fraction of sp³-hybridized carbons (Fsp3) is 0.267. The number of fused-ring (bicyclic) bond motifs is 2. The number of hydrogen-bond donors (Lipinski definition) is 0. The zero-order chi connectivity index (χ0) is 43.8. The molecule has 2 radical (unpaired) electrons. The molecule has 0 unspecified atom stereocenters. The Labute approximate surface area is 417 Å². The molecule has 0 spiro atoms. The standard InChI is InChI=1S/2C29H31.2CH3.2ClH.Si.Zr/c2*1-18-10-19(2)13-22(12-18)25-8-9-26(23-14-20(3)11-21(4)15-23)28-17-24(16-27(25)28)29(5,6)7;;;;;;/h2*8-17H,1-7H3;2*1H3;2*1H;;/q4*-1;;;;. The van der Waals surface area contributed by atoms with E-state index in [1.807, 2.05) is 0 Å². The van der Waals surface area contributed by atoms with Crippen LogP contribution in [0.4, 0.5) is 0 Å². The van der Waals surface area contributed by atoms with E-state index >= 15 is 0 Å². The molecule has 336 valence electrons. The second-order valence-corrected chi connectivity index (χ2v) is 19.5. The van der Waals surface area contributed by atoms with Gasteiger partial charge in [-0.3, -0.25) is 0 Å². The summed E-state index contributed by atoms with van der Waals surface area (Å²) in [6.07, 6.45) is 0. The second-order valence-electron chi connectivity index (χ2n) is 19.5. The molecule has 0 aliphatic rings. The average molecular weight is 981 g/mol. The Kier molecular flexibility index (Phi) is 19.9. The molecule has 0 saturated heterocycles. The van der Waals surface area contributed by atoms with Gasteiger partial charge in [-0.15, -0.1) is 69.6 Å². The van der Waals surface area contributed by atoms with E-state index in [9.17, 15) is 0 Å². The Morgan fingerprint density at radius 3 is 0.766 bits per heavy atom. The Hall–Kier alpha value is -3.78. The summed E-state index contributed by atoms with van der Waals surface area (Å²) < 4.78 is 0. The molecule has 0 N–H and O–H groups in total. The van der Waals surface area contributed by atoms with Crippen LogP contribution in [0.15, 0.2) is 121 Å². The molecular formula is C60H70Cl2SiZr-4. The van der Waals surface area contributed by atoms with Crippen LogP contribution in [0.5, 0.6) is 0 Å². The van der Waals surface area contributed by atoms with Crippen molar-refractivity contribution in [2.75, 3.05) is 0 Å². The Bertz CT molecular complexity index is 2400. The summed E-state index contributed by atoms with van der Waals surface area (Å²) in [5.41, 5.74) is 24.1. The summed E-state index contributed by atoms with van der Waals surface area (Å²) in [5, 5.41) is 5.43. The zero-order valence-electron chi connectivity index (χ0n) is 41.4. The summed E-state index contributed by atoms with van der Waals surface area (Å²) in [4.78, 5) is 0. The van der Waals surface area contributed by atoms with Gasteiger partial charge >= 0.3 is 30.2 Å². The molecule has 0 atom stereocenters. The third-order valence-electron chi connectivity index (χ3n) is 11.6. The first-order chi connectivity index (χ1) is 28.2. The molecule has 64 heavy (non-hydrogen) atoms. The van der Waals surface area contributed by atoms with Crippen LogP contribution in [0.1, 0.15) is 97.2 Å². The molecule has 0 amide bonds. The predicted molar refractivity (Wildman–Crippen MR) is 289 cm³/mol. The number of benzene rings is 6. The van der Waals surface area contributed by atoms with Crippen molar-refractivity contribution in [1.82, 2.24) is 0 Å². The van der Waals surface area contributed by atoms with Crippen LogP contribution in [-0.4, -0.2) is 6.88 Å². The van der Waals surface area contributed by atoms with Gasteiger partial charge < -0.3 is 14.9 Å². The maximum absolute atomic E-state index is 3.06. The van der Waals surface area contributed by atoms with Crippen molar-refractivity contribution < 1.29 is 23.3 Å². The van der Waals surface area contributed by atoms with Crippen molar-refractivity contribution in [3.8, 4) is 44.5 Å². The number of halogens is 2. The molecule has 0 aliphatic carbocycles. The molecule has 0 heterocycles. The van der Waals surface area contributed by atoms with Crippen LogP contribution in [0.25, 0.3) is 66.1 Å². The van der Waals surface area contributed by atoms with Crippen molar-refractivity contribution in [3.63, 3.8) is 0 Å². The minimum absolute atomic E-state index is 0. The molecule has 8 aromatic carbocycles. The van der Waals surface area contributed by atoms with Crippen molar-refractivity contribution >= 4 is 53.2 Å². The summed E-state index contributed by atoms with van der Waals surface area (Å²) in [6, 6.07) is 46.4. The van der Waals surface area contributed by atoms with Crippen LogP contribution >= 0.6 is 24.8 Å². The fourth-order valence-electron chi connectivity index (χ4n) is 8.99. The normalized spacial score (nSPS) is 10.9. The Morgan fingerprint density at radius 1 is 0.344 bits per heavy atom. The van der Waals surface area contributed by atoms with E-state index in [1.54, 1.807) is 0 Å². The number of aryl methyl sites for hydroxylation is 8. The molecule has 0 bridgehead atoms. The molecule has 8 rings (SSSR count). The van der Waals surface area contributed by atoms with Gasteiger partial charge in [0.05, 0.1) is 0 Å². The van der Waals surface area contributed by atoms with Gasteiger partial charge in [0, 0.05) is 0 Å². The van der Waals surface area contributed by atoms with Gasteiger partial charge in [-0.2, -0.15) is 12.1 Å². The first-order valence-corrected chi connectivity index (χ1v) is 25.5. The van der Waals surface area contributed by atoms with Crippen LogP contribution in [0.3, 0.4) is 0 Å². The van der Waals surface area contributed by atoms with E-state index in [0.717, 1.165) is 0 Å². The summed E-state index contributed by atoms with van der Waals surface area (Å²) in [7, 11) is 0. The molecule has 4 heteroatoms. The zero-order valence-corrected chi connectivity index (χ0v) is 46.5. The molecule has 0 fully saturated rings. The first kappa shape index (κ1) is 56.3. The van der Waals surface area contributed by atoms with Crippen LogP contribution in [-0.2, 0) is 34.2 Å². The summed E-state index contributed by atoms with van der Waals surface area (Å²) in [5.74, 6) is 0. The first-order valence-electron chi connectivity index (χ1n) is 21.3. The third kappa shape index (κ3) is 12.8. The van der Waals surface area contributed by atoms with Crippen LogP contribution < -0.4 is 0 Å². The Balaban J connectivity index is 0.000000400. The van der Waals surface area contributed by atoms with E-state index in [1.165, 1.54) is 145 Å². The summed E-state index contributed by atoms with van der Waals surface area (Å²) in [6.45, 7) is 34.3. The molecular weight excluding hydrogens is 911 g/mol. The monoisotopic (exact) mass is 978 g/mol. The predicted octanol–water partition coefficient (Wildman–Crippen LogP) is 18.2. The van der Waals surface area contributed by atoms with Crippen LogP contribution in [0.2, 0.25) is 0 Å². The molecule has 8 aromatic rings. The molecule has 0 nitrogen and oxygen atoms in total. The van der Waals surface area contributed by atoms with Crippen LogP contribution in [0, 0.1) is 70.2 Å². The van der Waals surface area contributed by atoms with Gasteiger partial charge in [0.15, 0.2) is 0 Å². The fourth-order valence-corrected chi connectivity index (χ4v) is 8.99. The van der Waals surface area contributed by atoms with Gasteiger partial charge in [0.1, 0.15) is 0 Å². The quantitative estimate of drug-likeness (QED) is 0.122. The van der Waals surface area contributed by atoms with Crippen molar-refractivity contribution in [3.05, 3.63) is 192 Å². The average Bonchev–Trinajstić information content (AvgIpc) is 3.81. The minimum atomic E-state index is 0. The van der Waals surface area contributed by atoms with E-state index < -0.39 is 0 Å². The third-order valence-corrected chi connectivity index (χ3v) is 11.6. The number of hydrogen-bond acceptors (Lipinski definition) is 0. The summed E-state index contributed by atoms with van der Waals surface area (Å²) >= 11 is 1.36. The Morgan fingerprint density at radius 2 is 0.547 bits per heavy atom. The topological polar surface area (TPSA) is 0 Å². The second kappa shape index (κ2) is 22.6. The van der Waals surface area contributed by atoms with Crippen molar-refractivity contribution in [2.45, 2.75) is 108 Å². The van der Waals surface area contributed by atoms with E-state index in [0.29, 0.717) is 0 Å². The van der Waals surface area contributed by atoms with Crippen molar-refractivity contribution in [2.24, 2.45) is 0 Å². The number of rotatable bonds is 4. The van der Waals surface area contributed by atoms with E-state index in [4.69, 9.17) is 0 Å². The van der Waals surface area contributed by atoms with E-state index in [-0.39, 0.29) is 50.5 Å². The van der Waals surface area contributed by atoms with Gasteiger partial charge in [-0.25, -0.2) is 0 Å². The van der Waals surface area contributed by atoms with Gasteiger partial charge in [0.25, 0.3) is 0 Å². The SMILES string of the molecule is Cc1cc(C)cc(-c2ccc(-c3cc(C)cc(C)c3)c3[cH-]c(C(C)(C)C)cc23)c1.Cc1cc(C)cc(-c2ccc(-c3cc(C)cc(C)c3)c3[cH-]c(C(C)(C)C)cc23)c1.Cl.Cl.[CH3-].[CH3-].[Si]=[Zr]. The van der Waals surface area contributed by atoms with E-state index in [2.05, 4.69) is 225 Å². The van der Waals surface area contributed by atoms with Gasteiger partial charge in [-0.05, 0) is 77.3 Å². The maximum atomic E-state index is 3.06. The van der Waals surface area contributed by atoms with Crippen molar-refractivity contribution in [1.29, 1.82) is 0 Å². The molecule has 0 aromatic heterocycles. The molecule has 0 saturated carbocycles. The van der Waals surface area contributed by atoms with Gasteiger partial charge in [0.2, 0.25) is 0 Å².